The molecule has 1 amide bonds. The molecule has 2 rings (SSSR count). The lowest BCUT2D eigenvalue weighted by Crippen LogP contribution is -2.39. The summed E-state index contributed by atoms with van der Waals surface area (Å²) in [7, 11) is 1.33. The summed E-state index contributed by atoms with van der Waals surface area (Å²) in [6, 6.07) is 11.5. The third-order valence-corrected chi connectivity index (χ3v) is 3.71. The number of nitro benzene ring substituents is 1. The number of nitro groups is 1. The molecule has 0 fully saturated rings. The highest BCUT2D eigenvalue weighted by molar-refractivity contribution is 5.77. The number of rotatable bonds is 9. The first kappa shape index (κ1) is 20.0. The van der Waals surface area contributed by atoms with Crippen molar-refractivity contribution in [1.82, 2.24) is 5.32 Å². The maximum atomic E-state index is 12.0. The first-order valence-electron chi connectivity index (χ1n) is 8.33. The minimum Gasteiger partial charge on any atom is -0.491 e. The maximum absolute atomic E-state index is 12.0. The predicted octanol–water partition coefficient (Wildman–Crippen LogP) is 2.87. The standard InChI is InChI=1S/C19H22N2O6/c1-13-6-4-5-7-17(13)27-11-14(2)20-19(22)12-26-15-8-9-16(21(23)24)18(10-15)25-3/h4-10,14H,11-12H2,1-3H3,(H,20,22). The second kappa shape index (κ2) is 9.42. The normalized spacial score (nSPS) is 11.4. The molecule has 8 heteroatoms. The van der Waals surface area contributed by atoms with Crippen LogP contribution in [0.1, 0.15) is 12.5 Å². The lowest BCUT2D eigenvalue weighted by molar-refractivity contribution is -0.385. The van der Waals surface area contributed by atoms with Gasteiger partial charge in [-0.3, -0.25) is 14.9 Å². The second-order valence-electron chi connectivity index (χ2n) is 5.92. The van der Waals surface area contributed by atoms with E-state index in [1.165, 1.54) is 25.3 Å². The molecule has 1 N–H and O–H groups in total. The van der Waals surface area contributed by atoms with Crippen LogP contribution in [0.15, 0.2) is 42.5 Å². The van der Waals surface area contributed by atoms with E-state index in [1.54, 1.807) is 0 Å². The van der Waals surface area contributed by atoms with Crippen molar-refractivity contribution < 1.29 is 23.9 Å². The number of nitrogens with zero attached hydrogens (tertiary/aromatic N) is 1. The number of hydrogen-bond acceptors (Lipinski definition) is 6. The molecule has 0 saturated carbocycles. The number of ether oxygens (including phenoxy) is 3. The highest BCUT2D eigenvalue weighted by atomic mass is 16.6. The van der Waals surface area contributed by atoms with E-state index in [-0.39, 0.29) is 30.0 Å². The van der Waals surface area contributed by atoms with E-state index in [9.17, 15) is 14.9 Å². The minimum absolute atomic E-state index is 0.0675. The summed E-state index contributed by atoms with van der Waals surface area (Å²) in [4.78, 5) is 22.3. The number of methoxy groups -OCH3 is 1. The quantitative estimate of drug-likeness (QED) is 0.535. The molecule has 0 heterocycles. The van der Waals surface area contributed by atoms with Crippen molar-refractivity contribution in [2.24, 2.45) is 0 Å². The Bertz CT molecular complexity index is 809. The van der Waals surface area contributed by atoms with E-state index in [2.05, 4.69) is 5.32 Å². The summed E-state index contributed by atoms with van der Waals surface area (Å²) in [6.45, 7) is 3.87. The molecule has 0 aliphatic heterocycles. The monoisotopic (exact) mass is 374 g/mol. The Morgan fingerprint density at radius 3 is 2.59 bits per heavy atom. The minimum atomic E-state index is -0.550. The number of carbonyl (C=O) groups excluding carboxylic acids is 1. The van der Waals surface area contributed by atoms with Gasteiger partial charge in [0.2, 0.25) is 5.75 Å². The largest absolute Gasteiger partial charge is 0.491 e. The fourth-order valence-corrected chi connectivity index (χ4v) is 2.34. The van der Waals surface area contributed by atoms with Gasteiger partial charge in [0.05, 0.1) is 18.1 Å². The van der Waals surface area contributed by atoms with Crippen molar-refractivity contribution >= 4 is 11.6 Å². The van der Waals surface area contributed by atoms with Crippen molar-refractivity contribution in [3.05, 3.63) is 58.1 Å². The lowest BCUT2D eigenvalue weighted by atomic mass is 10.2. The van der Waals surface area contributed by atoms with Gasteiger partial charge in [0.1, 0.15) is 18.1 Å². The molecule has 1 atom stereocenters. The van der Waals surface area contributed by atoms with Crippen molar-refractivity contribution in [3.63, 3.8) is 0 Å². The number of benzene rings is 2. The average Bonchev–Trinajstić information content (AvgIpc) is 2.65. The van der Waals surface area contributed by atoms with Crippen LogP contribution in [0.5, 0.6) is 17.2 Å². The smallest absolute Gasteiger partial charge is 0.311 e. The van der Waals surface area contributed by atoms with Gasteiger partial charge in [0, 0.05) is 12.1 Å². The summed E-state index contributed by atoms with van der Waals surface area (Å²) in [5, 5.41) is 13.6. The van der Waals surface area contributed by atoms with Crippen molar-refractivity contribution in [1.29, 1.82) is 0 Å². The molecule has 0 spiro atoms. The lowest BCUT2D eigenvalue weighted by Gasteiger charge is -2.16. The van der Waals surface area contributed by atoms with Crippen molar-refractivity contribution in [2.45, 2.75) is 19.9 Å². The number of aryl methyl sites for hydroxylation is 1. The summed E-state index contributed by atoms with van der Waals surface area (Å²) < 4.78 is 16.0. The first-order valence-corrected chi connectivity index (χ1v) is 8.33. The number of nitrogens with one attached hydrogen (secondary N) is 1. The molecule has 2 aromatic carbocycles. The fraction of sp³-hybridized carbons (Fsp3) is 0.316. The van der Waals surface area contributed by atoms with Gasteiger partial charge in [0.15, 0.2) is 6.61 Å². The van der Waals surface area contributed by atoms with Crippen molar-refractivity contribution in [3.8, 4) is 17.2 Å². The molecule has 0 aliphatic rings. The highest BCUT2D eigenvalue weighted by Gasteiger charge is 2.16. The molecule has 0 aromatic heterocycles. The summed E-state index contributed by atoms with van der Waals surface area (Å²) in [6.07, 6.45) is 0. The Labute approximate surface area is 157 Å². The number of amides is 1. The zero-order valence-electron chi connectivity index (χ0n) is 15.4. The molecule has 2 aromatic rings. The molecular weight excluding hydrogens is 352 g/mol. The Hall–Kier alpha value is -3.29. The number of carbonyl (C=O) groups is 1. The third-order valence-electron chi connectivity index (χ3n) is 3.71. The number of hydrogen-bond donors (Lipinski definition) is 1. The van der Waals surface area contributed by atoms with Crippen LogP contribution in [-0.2, 0) is 4.79 Å². The van der Waals surface area contributed by atoms with E-state index < -0.39 is 4.92 Å². The molecule has 0 saturated heterocycles. The molecule has 0 bridgehead atoms. The molecule has 8 nitrogen and oxygen atoms in total. The third kappa shape index (κ3) is 5.88. The zero-order chi connectivity index (χ0) is 19.8. The van der Waals surface area contributed by atoms with Gasteiger partial charge in [-0.25, -0.2) is 0 Å². The maximum Gasteiger partial charge on any atom is 0.311 e. The van der Waals surface area contributed by atoms with E-state index in [0.717, 1.165) is 11.3 Å². The topological polar surface area (TPSA) is 99.9 Å². The van der Waals surface area contributed by atoms with Crippen LogP contribution in [0.25, 0.3) is 0 Å². The summed E-state index contributed by atoms with van der Waals surface area (Å²) in [5.74, 6) is 0.815. The number of para-hydroxylation sites is 1. The first-order chi connectivity index (χ1) is 12.9. The zero-order valence-corrected chi connectivity index (χ0v) is 15.4. The van der Waals surface area contributed by atoms with Gasteiger partial charge in [0.25, 0.3) is 5.91 Å². The van der Waals surface area contributed by atoms with E-state index in [4.69, 9.17) is 14.2 Å². The Morgan fingerprint density at radius 2 is 1.93 bits per heavy atom. The van der Waals surface area contributed by atoms with Gasteiger partial charge in [-0.05, 0) is 31.5 Å². The van der Waals surface area contributed by atoms with Crippen LogP contribution in [0.2, 0.25) is 0 Å². The van der Waals surface area contributed by atoms with Gasteiger partial charge in [-0.15, -0.1) is 0 Å². The summed E-state index contributed by atoms with van der Waals surface area (Å²) in [5.41, 5.74) is 0.850. The van der Waals surface area contributed by atoms with Gasteiger partial charge >= 0.3 is 5.69 Å². The van der Waals surface area contributed by atoms with Crippen LogP contribution in [0, 0.1) is 17.0 Å². The van der Waals surface area contributed by atoms with Crippen molar-refractivity contribution in [2.75, 3.05) is 20.3 Å². The van der Waals surface area contributed by atoms with Crippen LogP contribution in [0.3, 0.4) is 0 Å². The van der Waals surface area contributed by atoms with Crippen LogP contribution in [0.4, 0.5) is 5.69 Å². The molecular formula is C19H22N2O6. The Balaban J connectivity index is 1.82. The van der Waals surface area contributed by atoms with Gasteiger partial charge in [-0.2, -0.15) is 0 Å². The van der Waals surface area contributed by atoms with Gasteiger partial charge < -0.3 is 19.5 Å². The fourth-order valence-electron chi connectivity index (χ4n) is 2.34. The highest BCUT2D eigenvalue weighted by Crippen LogP contribution is 2.30. The molecule has 0 aliphatic carbocycles. The SMILES string of the molecule is COc1cc(OCC(=O)NC(C)COc2ccccc2C)ccc1[N+](=O)[O-]. The average molecular weight is 374 g/mol. The predicted molar refractivity (Wildman–Crippen MR) is 99.4 cm³/mol. The van der Waals surface area contributed by atoms with Gasteiger partial charge in [-0.1, -0.05) is 18.2 Å². The van der Waals surface area contributed by atoms with Crippen LogP contribution >= 0.6 is 0 Å². The second-order valence-corrected chi connectivity index (χ2v) is 5.92. The molecule has 1 unspecified atom stereocenters. The van der Waals surface area contributed by atoms with Crippen LogP contribution in [-0.4, -0.2) is 37.2 Å². The molecule has 0 radical (unpaired) electrons. The summed E-state index contributed by atoms with van der Waals surface area (Å²) >= 11 is 0. The molecule has 144 valence electrons. The Kier molecular flexibility index (Phi) is 6.99. The Morgan fingerprint density at radius 1 is 1.19 bits per heavy atom. The molecule has 27 heavy (non-hydrogen) atoms. The van der Waals surface area contributed by atoms with E-state index in [1.807, 2.05) is 38.1 Å². The van der Waals surface area contributed by atoms with Crippen LogP contribution < -0.4 is 19.5 Å². The van der Waals surface area contributed by atoms with E-state index >= 15 is 0 Å². The van der Waals surface area contributed by atoms with E-state index in [0.29, 0.717) is 12.4 Å².